The highest BCUT2D eigenvalue weighted by atomic mass is 35.5. The molecule has 1 aromatic heterocycles. The van der Waals surface area contributed by atoms with Crippen molar-refractivity contribution in [3.8, 4) is 11.5 Å². The molecule has 0 saturated carbocycles. The van der Waals surface area contributed by atoms with E-state index in [1.165, 1.54) is 0 Å². The van der Waals surface area contributed by atoms with Crippen molar-refractivity contribution in [3.63, 3.8) is 0 Å². The van der Waals surface area contributed by atoms with Crippen LogP contribution in [0.15, 0.2) is 66.9 Å². The lowest BCUT2D eigenvalue weighted by molar-refractivity contribution is -0.137. The summed E-state index contributed by atoms with van der Waals surface area (Å²) in [6.45, 7) is 1.64. The standard InChI is InChI=1S/C23H19ClF3N3O2/c24-20-14-17(23(25,26)27)15-28-21(20)29-10-12-30(13-11-29)22(31)16-6-8-19(9-7-16)32-18-4-2-1-3-5-18/h1-9,14-15H,10-13H2. The molecule has 2 aromatic carbocycles. The quantitative estimate of drug-likeness (QED) is 0.514. The van der Waals surface area contributed by atoms with Crippen LogP contribution in [0.3, 0.4) is 0 Å². The molecule has 0 unspecified atom stereocenters. The summed E-state index contributed by atoms with van der Waals surface area (Å²) in [5, 5.41) is -0.0615. The molecule has 1 saturated heterocycles. The molecule has 4 rings (SSSR count). The van der Waals surface area contributed by atoms with Crippen LogP contribution in [-0.2, 0) is 6.18 Å². The number of ether oxygens (including phenoxy) is 1. The molecule has 0 aliphatic carbocycles. The first-order valence-electron chi connectivity index (χ1n) is 9.91. The largest absolute Gasteiger partial charge is 0.457 e. The number of aromatic nitrogens is 1. The van der Waals surface area contributed by atoms with E-state index in [-0.39, 0.29) is 16.7 Å². The van der Waals surface area contributed by atoms with Crippen LogP contribution in [0.1, 0.15) is 15.9 Å². The van der Waals surface area contributed by atoms with Crippen molar-refractivity contribution in [3.05, 3.63) is 83.0 Å². The zero-order valence-electron chi connectivity index (χ0n) is 16.8. The molecule has 0 spiro atoms. The van der Waals surface area contributed by atoms with Gasteiger partial charge in [-0.15, -0.1) is 0 Å². The highest BCUT2D eigenvalue weighted by Gasteiger charge is 2.32. The Hall–Kier alpha value is -3.26. The lowest BCUT2D eigenvalue weighted by atomic mass is 10.1. The van der Waals surface area contributed by atoms with Gasteiger partial charge in [0.05, 0.1) is 10.6 Å². The Kier molecular flexibility index (Phi) is 6.23. The van der Waals surface area contributed by atoms with Crippen molar-refractivity contribution in [1.82, 2.24) is 9.88 Å². The van der Waals surface area contributed by atoms with Crippen LogP contribution in [0.2, 0.25) is 5.02 Å². The Morgan fingerprint density at radius 2 is 1.56 bits per heavy atom. The predicted molar refractivity (Wildman–Crippen MR) is 115 cm³/mol. The average Bonchev–Trinajstić information content (AvgIpc) is 2.79. The number of alkyl halides is 3. The fourth-order valence-corrected chi connectivity index (χ4v) is 3.70. The molecule has 3 aromatic rings. The molecular formula is C23H19ClF3N3O2. The molecule has 166 valence electrons. The van der Waals surface area contributed by atoms with Crippen LogP contribution in [0.5, 0.6) is 11.5 Å². The number of hydrogen-bond acceptors (Lipinski definition) is 4. The van der Waals surface area contributed by atoms with E-state index >= 15 is 0 Å². The molecule has 1 amide bonds. The van der Waals surface area contributed by atoms with Gasteiger partial charge in [0.15, 0.2) is 0 Å². The topological polar surface area (TPSA) is 45.7 Å². The first kappa shape index (κ1) is 22.0. The van der Waals surface area contributed by atoms with Gasteiger partial charge in [-0.3, -0.25) is 4.79 Å². The third-order valence-corrected chi connectivity index (χ3v) is 5.37. The number of anilines is 1. The molecule has 9 heteroatoms. The van der Waals surface area contributed by atoms with Crippen LogP contribution in [0.4, 0.5) is 19.0 Å². The Morgan fingerprint density at radius 1 is 0.938 bits per heavy atom. The van der Waals surface area contributed by atoms with E-state index in [4.69, 9.17) is 16.3 Å². The zero-order valence-corrected chi connectivity index (χ0v) is 17.6. The Balaban J connectivity index is 1.36. The number of para-hydroxylation sites is 1. The Labute approximate surface area is 188 Å². The van der Waals surface area contributed by atoms with Crippen molar-refractivity contribution >= 4 is 23.3 Å². The molecule has 1 aliphatic rings. The molecule has 0 atom stereocenters. The number of benzene rings is 2. The number of nitrogens with zero attached hydrogens (tertiary/aromatic N) is 3. The molecule has 1 aliphatic heterocycles. The van der Waals surface area contributed by atoms with Gasteiger partial charge in [-0.05, 0) is 42.5 Å². The van der Waals surface area contributed by atoms with Crippen LogP contribution in [0, 0.1) is 0 Å². The fourth-order valence-electron chi connectivity index (χ4n) is 3.41. The van der Waals surface area contributed by atoms with Gasteiger partial charge >= 0.3 is 6.18 Å². The number of piperazine rings is 1. The van der Waals surface area contributed by atoms with Crippen molar-refractivity contribution in [1.29, 1.82) is 0 Å². The molecule has 0 N–H and O–H groups in total. The Morgan fingerprint density at radius 3 is 2.16 bits per heavy atom. The first-order valence-corrected chi connectivity index (χ1v) is 10.3. The number of hydrogen-bond donors (Lipinski definition) is 0. The third-order valence-electron chi connectivity index (χ3n) is 5.10. The lowest BCUT2D eigenvalue weighted by Crippen LogP contribution is -2.49. The smallest absolute Gasteiger partial charge is 0.417 e. The summed E-state index contributed by atoms with van der Waals surface area (Å²) in [6.07, 6.45) is -3.72. The minimum atomic E-state index is -4.50. The molecule has 2 heterocycles. The molecule has 1 fully saturated rings. The van der Waals surface area contributed by atoms with Crippen LogP contribution in [-0.4, -0.2) is 42.0 Å². The van der Waals surface area contributed by atoms with Crippen LogP contribution in [0.25, 0.3) is 0 Å². The van der Waals surface area contributed by atoms with Crippen molar-refractivity contribution in [2.75, 3.05) is 31.1 Å². The van der Waals surface area contributed by atoms with Crippen molar-refractivity contribution in [2.45, 2.75) is 6.18 Å². The maximum absolute atomic E-state index is 12.8. The molecular weight excluding hydrogens is 443 g/mol. The summed E-state index contributed by atoms with van der Waals surface area (Å²) in [5.74, 6) is 1.50. The van der Waals surface area contributed by atoms with Gasteiger partial charge in [0.2, 0.25) is 0 Å². The number of carbonyl (C=O) groups excluding carboxylic acids is 1. The normalized spacial score (nSPS) is 14.4. The first-order chi connectivity index (χ1) is 15.3. The second kappa shape index (κ2) is 9.08. The maximum atomic E-state index is 12.8. The Bertz CT molecular complexity index is 1080. The summed E-state index contributed by atoms with van der Waals surface area (Å²) >= 11 is 6.04. The summed E-state index contributed by atoms with van der Waals surface area (Å²) in [4.78, 5) is 20.2. The summed E-state index contributed by atoms with van der Waals surface area (Å²) in [5.41, 5.74) is -0.357. The monoisotopic (exact) mass is 461 g/mol. The van der Waals surface area contributed by atoms with E-state index in [9.17, 15) is 18.0 Å². The second-order valence-corrected chi connectivity index (χ2v) is 7.65. The van der Waals surface area contributed by atoms with E-state index in [0.29, 0.717) is 43.2 Å². The van der Waals surface area contributed by atoms with Gasteiger partial charge in [0.25, 0.3) is 5.91 Å². The van der Waals surface area contributed by atoms with Gasteiger partial charge in [0, 0.05) is 37.9 Å². The average molecular weight is 462 g/mol. The van der Waals surface area contributed by atoms with Crippen molar-refractivity contribution in [2.24, 2.45) is 0 Å². The summed E-state index contributed by atoms with van der Waals surface area (Å²) < 4.78 is 44.2. The highest BCUT2D eigenvalue weighted by molar-refractivity contribution is 6.33. The van der Waals surface area contributed by atoms with E-state index in [0.717, 1.165) is 12.3 Å². The number of carbonyl (C=O) groups is 1. The summed E-state index contributed by atoms with van der Waals surface area (Å²) in [6, 6.07) is 17.1. The van der Waals surface area contributed by atoms with Gasteiger partial charge in [-0.25, -0.2) is 4.98 Å². The number of amides is 1. The fraction of sp³-hybridized carbons (Fsp3) is 0.217. The molecule has 0 radical (unpaired) electrons. The number of rotatable bonds is 4. The lowest BCUT2D eigenvalue weighted by Gasteiger charge is -2.35. The van der Waals surface area contributed by atoms with Gasteiger partial charge < -0.3 is 14.5 Å². The zero-order chi connectivity index (χ0) is 22.7. The maximum Gasteiger partial charge on any atom is 0.417 e. The molecule has 5 nitrogen and oxygen atoms in total. The summed E-state index contributed by atoms with van der Waals surface area (Å²) in [7, 11) is 0. The van der Waals surface area contributed by atoms with Gasteiger partial charge in [-0.2, -0.15) is 13.2 Å². The van der Waals surface area contributed by atoms with Crippen molar-refractivity contribution < 1.29 is 22.7 Å². The van der Waals surface area contributed by atoms with E-state index in [1.54, 1.807) is 34.1 Å². The van der Waals surface area contributed by atoms with E-state index < -0.39 is 11.7 Å². The van der Waals surface area contributed by atoms with E-state index in [1.807, 2.05) is 30.3 Å². The van der Waals surface area contributed by atoms with Crippen LogP contribution >= 0.6 is 11.6 Å². The second-order valence-electron chi connectivity index (χ2n) is 7.25. The molecule has 32 heavy (non-hydrogen) atoms. The predicted octanol–water partition coefficient (Wildman–Crippen LogP) is 5.51. The third kappa shape index (κ3) is 4.96. The number of pyridine rings is 1. The van der Waals surface area contributed by atoms with Gasteiger partial charge in [-0.1, -0.05) is 29.8 Å². The van der Waals surface area contributed by atoms with Crippen LogP contribution < -0.4 is 9.64 Å². The highest BCUT2D eigenvalue weighted by Crippen LogP contribution is 2.33. The minimum absolute atomic E-state index is 0.0615. The molecule has 0 bridgehead atoms. The number of halogens is 4. The SMILES string of the molecule is O=C(c1ccc(Oc2ccccc2)cc1)N1CCN(c2ncc(C(F)(F)F)cc2Cl)CC1. The minimum Gasteiger partial charge on any atom is -0.457 e. The van der Waals surface area contributed by atoms with Gasteiger partial charge in [0.1, 0.15) is 17.3 Å². The van der Waals surface area contributed by atoms with E-state index in [2.05, 4.69) is 4.98 Å².